The van der Waals surface area contributed by atoms with Crippen molar-refractivity contribution in [2.45, 2.75) is 31.4 Å². The molecule has 0 aromatic heterocycles. The molecule has 0 aliphatic carbocycles. The van der Waals surface area contributed by atoms with E-state index in [0.717, 1.165) is 18.0 Å². The first kappa shape index (κ1) is 9.33. The van der Waals surface area contributed by atoms with Gasteiger partial charge in [0.1, 0.15) is 0 Å². The van der Waals surface area contributed by atoms with Crippen LogP contribution in [0, 0.1) is 0 Å². The highest BCUT2D eigenvalue weighted by Crippen LogP contribution is 2.29. The van der Waals surface area contributed by atoms with E-state index in [0.29, 0.717) is 4.75 Å². The molecule has 0 spiro atoms. The zero-order chi connectivity index (χ0) is 8.32. The highest BCUT2D eigenvalue weighted by Gasteiger charge is 2.21. The molecular formula is C8H15NS2. The molecule has 0 unspecified atom stereocenters. The standard InChI is InChI=1S/C8H15NS2/c1-8(2)6-7(10)9-4-3-5-11-8/h3-6H2,1-2H3,(H,9,10). The van der Waals surface area contributed by atoms with Gasteiger partial charge in [0.15, 0.2) is 0 Å². The lowest BCUT2D eigenvalue weighted by Gasteiger charge is -2.27. The normalized spacial score (nSPS) is 25.1. The molecule has 0 bridgehead atoms. The van der Waals surface area contributed by atoms with Crippen LogP contribution in [-0.2, 0) is 0 Å². The maximum Gasteiger partial charge on any atom is 0.0767 e. The van der Waals surface area contributed by atoms with Gasteiger partial charge in [-0.3, -0.25) is 0 Å². The van der Waals surface area contributed by atoms with Crippen molar-refractivity contribution in [3.05, 3.63) is 0 Å². The smallest absolute Gasteiger partial charge is 0.0767 e. The van der Waals surface area contributed by atoms with Gasteiger partial charge in [-0.25, -0.2) is 0 Å². The molecule has 0 aromatic carbocycles. The Balaban J connectivity index is 2.49. The molecule has 0 aromatic rings. The third kappa shape index (κ3) is 3.43. The van der Waals surface area contributed by atoms with Crippen molar-refractivity contribution in [1.29, 1.82) is 0 Å². The molecular weight excluding hydrogens is 174 g/mol. The molecule has 1 saturated heterocycles. The van der Waals surface area contributed by atoms with Crippen molar-refractivity contribution >= 4 is 29.0 Å². The van der Waals surface area contributed by atoms with E-state index in [1.807, 2.05) is 11.8 Å². The summed E-state index contributed by atoms with van der Waals surface area (Å²) < 4.78 is 0.338. The van der Waals surface area contributed by atoms with Gasteiger partial charge in [-0.2, -0.15) is 11.8 Å². The fourth-order valence-electron chi connectivity index (χ4n) is 1.15. The van der Waals surface area contributed by atoms with Crippen LogP contribution < -0.4 is 5.32 Å². The average Bonchev–Trinajstić information content (AvgIpc) is 1.82. The van der Waals surface area contributed by atoms with E-state index >= 15 is 0 Å². The number of thiocarbonyl (C=S) groups is 1. The predicted molar refractivity (Wildman–Crippen MR) is 56.4 cm³/mol. The van der Waals surface area contributed by atoms with E-state index in [2.05, 4.69) is 19.2 Å². The quantitative estimate of drug-likeness (QED) is 0.587. The summed E-state index contributed by atoms with van der Waals surface area (Å²) in [4.78, 5) is 1.03. The molecule has 1 nitrogen and oxygen atoms in total. The fourth-order valence-corrected chi connectivity index (χ4v) is 2.79. The van der Waals surface area contributed by atoms with Gasteiger partial charge in [-0.1, -0.05) is 26.1 Å². The Morgan fingerprint density at radius 3 is 3.00 bits per heavy atom. The van der Waals surface area contributed by atoms with E-state index in [9.17, 15) is 0 Å². The summed E-state index contributed by atoms with van der Waals surface area (Å²) in [6.07, 6.45) is 2.25. The molecule has 3 heteroatoms. The zero-order valence-electron chi connectivity index (χ0n) is 7.14. The summed E-state index contributed by atoms with van der Waals surface area (Å²) >= 11 is 7.21. The maximum absolute atomic E-state index is 5.18. The van der Waals surface area contributed by atoms with Gasteiger partial charge in [0.2, 0.25) is 0 Å². The van der Waals surface area contributed by atoms with Crippen LogP contribution in [0.15, 0.2) is 0 Å². The fraction of sp³-hybridized carbons (Fsp3) is 0.875. The third-order valence-corrected chi connectivity index (χ3v) is 3.43. The molecule has 0 amide bonds. The van der Waals surface area contributed by atoms with E-state index < -0.39 is 0 Å². The van der Waals surface area contributed by atoms with Crippen LogP contribution in [0.4, 0.5) is 0 Å². The van der Waals surface area contributed by atoms with Gasteiger partial charge in [0.25, 0.3) is 0 Å². The van der Waals surface area contributed by atoms with Crippen LogP contribution in [0.3, 0.4) is 0 Å². The maximum atomic E-state index is 5.18. The molecule has 1 heterocycles. The summed E-state index contributed by atoms with van der Waals surface area (Å²) in [5, 5.41) is 3.26. The summed E-state index contributed by atoms with van der Waals surface area (Å²) in [6, 6.07) is 0. The van der Waals surface area contributed by atoms with Gasteiger partial charge >= 0.3 is 0 Å². The first-order valence-corrected chi connectivity index (χ1v) is 5.40. The molecule has 0 radical (unpaired) electrons. The lowest BCUT2D eigenvalue weighted by atomic mass is 10.1. The van der Waals surface area contributed by atoms with E-state index in [1.54, 1.807) is 0 Å². The molecule has 11 heavy (non-hydrogen) atoms. The minimum absolute atomic E-state index is 0.338. The van der Waals surface area contributed by atoms with Crippen LogP contribution in [0.5, 0.6) is 0 Å². The van der Waals surface area contributed by atoms with Gasteiger partial charge in [-0.15, -0.1) is 0 Å². The van der Waals surface area contributed by atoms with Crippen LogP contribution in [0.25, 0.3) is 0 Å². The van der Waals surface area contributed by atoms with E-state index in [1.165, 1.54) is 12.2 Å². The van der Waals surface area contributed by atoms with E-state index in [-0.39, 0.29) is 0 Å². The van der Waals surface area contributed by atoms with Crippen molar-refractivity contribution in [3.8, 4) is 0 Å². The van der Waals surface area contributed by atoms with Gasteiger partial charge in [0, 0.05) is 17.7 Å². The molecule has 64 valence electrons. The monoisotopic (exact) mass is 189 g/mol. The Morgan fingerprint density at radius 2 is 2.27 bits per heavy atom. The highest BCUT2D eigenvalue weighted by molar-refractivity contribution is 8.00. The summed E-state index contributed by atoms with van der Waals surface area (Å²) in [5.74, 6) is 1.25. The molecule has 1 aliphatic rings. The van der Waals surface area contributed by atoms with Crippen molar-refractivity contribution in [2.75, 3.05) is 12.3 Å². The third-order valence-electron chi connectivity index (χ3n) is 1.72. The Kier molecular flexibility index (Phi) is 3.19. The first-order valence-electron chi connectivity index (χ1n) is 4.01. The molecule has 0 saturated carbocycles. The van der Waals surface area contributed by atoms with Gasteiger partial charge in [-0.05, 0) is 12.2 Å². The minimum atomic E-state index is 0.338. The van der Waals surface area contributed by atoms with Crippen LogP contribution in [0.2, 0.25) is 0 Å². The summed E-state index contributed by atoms with van der Waals surface area (Å²) in [5.41, 5.74) is 0. The number of nitrogens with one attached hydrogen (secondary N) is 1. The van der Waals surface area contributed by atoms with Crippen LogP contribution in [0.1, 0.15) is 26.7 Å². The van der Waals surface area contributed by atoms with Gasteiger partial charge in [0.05, 0.1) is 4.99 Å². The second kappa shape index (κ2) is 3.76. The number of rotatable bonds is 0. The Bertz CT molecular complexity index is 154. The molecule has 1 aliphatic heterocycles. The van der Waals surface area contributed by atoms with Crippen LogP contribution in [-0.4, -0.2) is 22.0 Å². The van der Waals surface area contributed by atoms with Gasteiger partial charge < -0.3 is 5.32 Å². The molecule has 1 rings (SSSR count). The lowest BCUT2D eigenvalue weighted by molar-refractivity contribution is 0.710. The molecule has 0 atom stereocenters. The van der Waals surface area contributed by atoms with Crippen molar-refractivity contribution in [1.82, 2.24) is 5.32 Å². The SMILES string of the molecule is CC1(C)CC(=S)NCCCS1. The summed E-state index contributed by atoms with van der Waals surface area (Å²) in [7, 11) is 0. The Hall–Kier alpha value is 0.240. The van der Waals surface area contributed by atoms with Crippen molar-refractivity contribution in [2.24, 2.45) is 0 Å². The first-order chi connectivity index (χ1) is 5.10. The highest BCUT2D eigenvalue weighted by atomic mass is 32.2. The van der Waals surface area contributed by atoms with Crippen LogP contribution >= 0.6 is 24.0 Å². The topological polar surface area (TPSA) is 12.0 Å². The zero-order valence-corrected chi connectivity index (χ0v) is 8.78. The van der Waals surface area contributed by atoms with Crippen molar-refractivity contribution in [3.63, 3.8) is 0 Å². The second-order valence-corrected chi connectivity index (χ2v) is 5.78. The Labute approximate surface area is 78.3 Å². The predicted octanol–water partition coefficient (Wildman–Crippen LogP) is 2.21. The van der Waals surface area contributed by atoms with Crippen molar-refractivity contribution < 1.29 is 0 Å². The lowest BCUT2D eigenvalue weighted by Crippen LogP contribution is -2.32. The number of hydrogen-bond donors (Lipinski definition) is 1. The largest absolute Gasteiger partial charge is 0.380 e. The number of hydrogen-bond acceptors (Lipinski definition) is 2. The minimum Gasteiger partial charge on any atom is -0.380 e. The van der Waals surface area contributed by atoms with E-state index in [4.69, 9.17) is 12.2 Å². The average molecular weight is 189 g/mol. The summed E-state index contributed by atoms with van der Waals surface area (Å²) in [6.45, 7) is 5.58. The molecule has 1 fully saturated rings. The molecule has 1 N–H and O–H groups in total. The second-order valence-electron chi connectivity index (χ2n) is 3.49. The Morgan fingerprint density at radius 1 is 1.55 bits per heavy atom. The number of thioether (sulfide) groups is 1.